The lowest BCUT2D eigenvalue weighted by atomic mass is 9.94. The highest BCUT2D eigenvalue weighted by molar-refractivity contribution is 6.01. The third-order valence-corrected chi connectivity index (χ3v) is 4.29. The number of rotatable bonds is 6. The van der Waals surface area contributed by atoms with E-state index < -0.39 is 5.41 Å². The molecule has 0 radical (unpaired) electrons. The van der Waals surface area contributed by atoms with Crippen LogP contribution in [0.15, 0.2) is 48.5 Å². The van der Waals surface area contributed by atoms with Crippen molar-refractivity contribution in [2.75, 3.05) is 12.4 Å². The third-order valence-electron chi connectivity index (χ3n) is 4.29. The number of carbonyl (C=O) groups excluding carboxylic acids is 1. The number of amides is 1. The molecule has 3 rings (SSSR count). The fraction of sp³-hybridized carbons (Fsp3) is 0.350. The molecule has 0 atom stereocenters. The molecule has 1 aliphatic carbocycles. The van der Waals surface area contributed by atoms with Gasteiger partial charge in [0.05, 0.1) is 18.6 Å². The quantitative estimate of drug-likeness (QED) is 0.868. The first kappa shape index (κ1) is 16.4. The highest BCUT2D eigenvalue weighted by Gasteiger charge is 2.52. The molecule has 24 heavy (non-hydrogen) atoms. The summed E-state index contributed by atoms with van der Waals surface area (Å²) in [6, 6.07) is 15.2. The Morgan fingerprint density at radius 3 is 2.33 bits per heavy atom. The fourth-order valence-electron chi connectivity index (χ4n) is 2.92. The van der Waals surface area contributed by atoms with E-state index >= 15 is 0 Å². The molecule has 0 spiro atoms. The molecule has 4 nitrogen and oxygen atoms in total. The molecule has 0 aromatic heterocycles. The number of hydrogen-bond acceptors (Lipinski definition) is 3. The minimum absolute atomic E-state index is 0.0181. The largest absolute Gasteiger partial charge is 0.496 e. The number of carbonyl (C=O) groups is 1. The summed E-state index contributed by atoms with van der Waals surface area (Å²) in [5.41, 5.74) is 1.27. The van der Waals surface area contributed by atoms with Gasteiger partial charge in [0.1, 0.15) is 11.5 Å². The second-order valence-electron chi connectivity index (χ2n) is 6.43. The van der Waals surface area contributed by atoms with Gasteiger partial charge < -0.3 is 14.8 Å². The molecule has 1 amide bonds. The van der Waals surface area contributed by atoms with Gasteiger partial charge in [-0.1, -0.05) is 18.2 Å². The van der Waals surface area contributed by atoms with Gasteiger partial charge in [-0.15, -0.1) is 0 Å². The van der Waals surface area contributed by atoms with Gasteiger partial charge in [0.15, 0.2) is 0 Å². The molecule has 1 saturated carbocycles. The van der Waals surface area contributed by atoms with Gasteiger partial charge in [-0.2, -0.15) is 0 Å². The number of anilines is 1. The normalized spacial score (nSPS) is 15.0. The maximum Gasteiger partial charge on any atom is 0.235 e. The Morgan fingerprint density at radius 2 is 1.75 bits per heavy atom. The fourth-order valence-corrected chi connectivity index (χ4v) is 2.92. The standard InChI is InChI=1S/C20H23NO3/c1-14(2)24-16-10-8-15(9-11-16)21-19(22)20(12-13-20)17-6-4-5-7-18(17)23-3/h4-11,14H,12-13H2,1-3H3,(H,21,22). The van der Waals surface area contributed by atoms with Crippen molar-refractivity contribution in [2.45, 2.75) is 38.2 Å². The van der Waals surface area contributed by atoms with Gasteiger partial charge in [-0.3, -0.25) is 4.79 Å². The summed E-state index contributed by atoms with van der Waals surface area (Å²) in [6.45, 7) is 3.97. The molecule has 1 N–H and O–H groups in total. The number of methoxy groups -OCH3 is 1. The van der Waals surface area contributed by atoms with Crippen LogP contribution in [0.25, 0.3) is 0 Å². The molecule has 0 saturated heterocycles. The van der Waals surface area contributed by atoms with Gasteiger partial charge in [-0.25, -0.2) is 0 Å². The summed E-state index contributed by atoms with van der Waals surface area (Å²) in [6.07, 6.45) is 1.81. The highest BCUT2D eigenvalue weighted by atomic mass is 16.5. The van der Waals surface area contributed by atoms with Gasteiger partial charge in [0.2, 0.25) is 5.91 Å². The van der Waals surface area contributed by atoms with Crippen molar-refractivity contribution < 1.29 is 14.3 Å². The molecule has 0 aliphatic heterocycles. The van der Waals surface area contributed by atoms with E-state index in [1.54, 1.807) is 7.11 Å². The minimum Gasteiger partial charge on any atom is -0.496 e. The van der Waals surface area contributed by atoms with E-state index in [-0.39, 0.29) is 12.0 Å². The first-order chi connectivity index (χ1) is 11.5. The number of para-hydroxylation sites is 1. The molecule has 1 aliphatic rings. The van der Waals surface area contributed by atoms with Crippen LogP contribution in [0, 0.1) is 0 Å². The van der Waals surface area contributed by atoms with Crippen molar-refractivity contribution in [3.05, 3.63) is 54.1 Å². The Labute approximate surface area is 142 Å². The maximum absolute atomic E-state index is 12.8. The molecule has 1 fully saturated rings. The molecule has 2 aromatic carbocycles. The lowest BCUT2D eigenvalue weighted by Gasteiger charge is -2.18. The zero-order valence-electron chi connectivity index (χ0n) is 14.3. The van der Waals surface area contributed by atoms with E-state index in [0.717, 1.165) is 35.6 Å². The van der Waals surface area contributed by atoms with E-state index in [4.69, 9.17) is 9.47 Å². The van der Waals surface area contributed by atoms with Crippen LogP contribution in [0.3, 0.4) is 0 Å². The van der Waals surface area contributed by atoms with Gasteiger partial charge in [0.25, 0.3) is 0 Å². The molecule has 0 unspecified atom stereocenters. The van der Waals surface area contributed by atoms with E-state index in [0.29, 0.717) is 0 Å². The van der Waals surface area contributed by atoms with Crippen LogP contribution < -0.4 is 14.8 Å². The van der Waals surface area contributed by atoms with Crippen molar-refractivity contribution in [1.29, 1.82) is 0 Å². The van der Waals surface area contributed by atoms with Gasteiger partial charge in [0, 0.05) is 11.3 Å². The lowest BCUT2D eigenvalue weighted by Crippen LogP contribution is -2.28. The molecule has 2 aromatic rings. The Morgan fingerprint density at radius 1 is 1.08 bits per heavy atom. The predicted octanol–water partition coefficient (Wildman–Crippen LogP) is 4.15. The molecule has 126 valence electrons. The van der Waals surface area contributed by atoms with Crippen LogP contribution in [0.1, 0.15) is 32.3 Å². The van der Waals surface area contributed by atoms with Crippen molar-refractivity contribution in [3.63, 3.8) is 0 Å². The van der Waals surface area contributed by atoms with Crippen LogP contribution in [0.2, 0.25) is 0 Å². The van der Waals surface area contributed by atoms with Crippen LogP contribution in [-0.2, 0) is 10.2 Å². The minimum atomic E-state index is -0.473. The van der Waals surface area contributed by atoms with Gasteiger partial charge in [-0.05, 0) is 57.0 Å². The molecule has 0 heterocycles. The van der Waals surface area contributed by atoms with Crippen molar-refractivity contribution in [3.8, 4) is 11.5 Å². The van der Waals surface area contributed by atoms with Gasteiger partial charge >= 0.3 is 0 Å². The van der Waals surface area contributed by atoms with Crippen molar-refractivity contribution in [1.82, 2.24) is 0 Å². The predicted molar refractivity (Wildman–Crippen MR) is 94.7 cm³/mol. The van der Waals surface area contributed by atoms with E-state index in [1.165, 1.54) is 0 Å². The second-order valence-corrected chi connectivity index (χ2v) is 6.43. The Balaban J connectivity index is 1.75. The monoisotopic (exact) mass is 325 g/mol. The summed E-state index contributed by atoms with van der Waals surface area (Å²) in [4.78, 5) is 12.8. The zero-order chi connectivity index (χ0) is 17.2. The molecular weight excluding hydrogens is 302 g/mol. The van der Waals surface area contributed by atoms with Crippen LogP contribution in [0.5, 0.6) is 11.5 Å². The summed E-state index contributed by atoms with van der Waals surface area (Å²) in [5.74, 6) is 1.59. The number of ether oxygens (including phenoxy) is 2. The van der Waals surface area contributed by atoms with Crippen LogP contribution in [-0.4, -0.2) is 19.1 Å². The Kier molecular flexibility index (Phi) is 4.47. The van der Waals surface area contributed by atoms with E-state index in [9.17, 15) is 4.79 Å². The highest BCUT2D eigenvalue weighted by Crippen LogP contribution is 2.51. The molecule has 0 bridgehead atoms. The average molecular weight is 325 g/mol. The smallest absolute Gasteiger partial charge is 0.235 e. The van der Waals surface area contributed by atoms with E-state index in [2.05, 4.69) is 5.32 Å². The van der Waals surface area contributed by atoms with Crippen LogP contribution in [0.4, 0.5) is 5.69 Å². The van der Waals surface area contributed by atoms with E-state index in [1.807, 2.05) is 62.4 Å². The van der Waals surface area contributed by atoms with Crippen molar-refractivity contribution >= 4 is 11.6 Å². The molecular formula is C20H23NO3. The maximum atomic E-state index is 12.8. The second kappa shape index (κ2) is 6.56. The summed E-state index contributed by atoms with van der Waals surface area (Å²) < 4.78 is 11.1. The SMILES string of the molecule is COc1ccccc1C1(C(=O)Nc2ccc(OC(C)C)cc2)CC1. The Bertz CT molecular complexity index is 718. The topological polar surface area (TPSA) is 47.6 Å². The number of nitrogens with one attached hydrogen (secondary N) is 1. The Hall–Kier alpha value is -2.49. The number of benzene rings is 2. The summed E-state index contributed by atoms with van der Waals surface area (Å²) >= 11 is 0. The third kappa shape index (κ3) is 3.23. The lowest BCUT2D eigenvalue weighted by molar-refractivity contribution is -0.118. The zero-order valence-corrected chi connectivity index (χ0v) is 14.3. The first-order valence-corrected chi connectivity index (χ1v) is 8.27. The molecule has 4 heteroatoms. The van der Waals surface area contributed by atoms with Crippen LogP contribution >= 0.6 is 0 Å². The summed E-state index contributed by atoms with van der Waals surface area (Å²) in [7, 11) is 1.64. The van der Waals surface area contributed by atoms with Crippen molar-refractivity contribution in [2.24, 2.45) is 0 Å². The number of hydrogen-bond donors (Lipinski definition) is 1. The summed E-state index contributed by atoms with van der Waals surface area (Å²) in [5, 5.41) is 3.02. The first-order valence-electron chi connectivity index (χ1n) is 8.27. The average Bonchev–Trinajstić information content (AvgIpc) is 3.38.